The van der Waals surface area contributed by atoms with Gasteiger partial charge in [0, 0.05) is 19.5 Å². The van der Waals surface area contributed by atoms with Crippen molar-refractivity contribution in [3.63, 3.8) is 0 Å². The molecular formula is C31H35ClF3N3O5S. The minimum atomic E-state index is -4.87. The molecule has 0 bridgehead atoms. The molecule has 0 radical (unpaired) electrons. The highest BCUT2D eigenvalue weighted by Crippen LogP contribution is 2.37. The van der Waals surface area contributed by atoms with Crippen LogP contribution in [0.25, 0.3) is 0 Å². The fraction of sp³-hybridized carbons (Fsp3) is 0.355. The number of sulfonamides is 1. The Labute approximate surface area is 260 Å². The second-order valence-corrected chi connectivity index (χ2v) is 13.0. The number of hydrogen-bond acceptors (Lipinski definition) is 5. The number of carbonyl (C=O) groups is 2. The Balaban J connectivity index is 2.11. The molecule has 0 aliphatic heterocycles. The Morgan fingerprint density at radius 2 is 1.64 bits per heavy atom. The molecule has 3 rings (SSSR count). The first kappa shape index (κ1) is 34.7. The fourth-order valence-electron chi connectivity index (χ4n) is 4.44. The molecule has 0 saturated heterocycles. The summed E-state index contributed by atoms with van der Waals surface area (Å²) in [4.78, 5) is 29.0. The average molecular weight is 654 g/mol. The number of hydrogen-bond donors (Lipinski definition) is 1. The molecule has 0 saturated carbocycles. The second-order valence-electron chi connectivity index (χ2n) is 10.6. The lowest BCUT2D eigenvalue weighted by Crippen LogP contribution is -2.53. The maximum atomic E-state index is 14.1. The molecule has 0 heterocycles. The van der Waals surface area contributed by atoms with Gasteiger partial charge in [0.15, 0.2) is 0 Å². The molecule has 0 unspecified atom stereocenters. The maximum absolute atomic E-state index is 14.1. The Hall–Kier alpha value is -3.77. The molecule has 1 atom stereocenters. The summed E-state index contributed by atoms with van der Waals surface area (Å²) in [6.07, 6.45) is -3.99. The zero-order valence-corrected chi connectivity index (χ0v) is 26.3. The van der Waals surface area contributed by atoms with Crippen LogP contribution in [0.15, 0.2) is 72.8 Å². The first-order valence-corrected chi connectivity index (χ1v) is 15.9. The Kier molecular flexibility index (Phi) is 11.7. The van der Waals surface area contributed by atoms with Crippen LogP contribution in [0, 0.1) is 5.92 Å². The van der Waals surface area contributed by atoms with Gasteiger partial charge in [-0.3, -0.25) is 13.9 Å². The molecule has 13 heteroatoms. The van der Waals surface area contributed by atoms with Crippen LogP contribution in [0.4, 0.5) is 18.9 Å². The lowest BCUT2D eigenvalue weighted by Gasteiger charge is -2.34. The summed E-state index contributed by atoms with van der Waals surface area (Å²) < 4.78 is 72.6. The van der Waals surface area contributed by atoms with Crippen molar-refractivity contribution in [3.8, 4) is 5.75 Å². The highest BCUT2D eigenvalue weighted by molar-refractivity contribution is 7.92. The van der Waals surface area contributed by atoms with E-state index in [1.807, 2.05) is 19.9 Å². The number of amides is 2. The first-order valence-electron chi connectivity index (χ1n) is 13.7. The maximum Gasteiger partial charge on any atom is 0.417 e. The van der Waals surface area contributed by atoms with E-state index in [4.69, 9.17) is 16.3 Å². The Morgan fingerprint density at radius 3 is 2.23 bits per heavy atom. The Morgan fingerprint density at radius 1 is 0.977 bits per heavy atom. The van der Waals surface area contributed by atoms with Crippen LogP contribution >= 0.6 is 11.6 Å². The van der Waals surface area contributed by atoms with E-state index in [-0.39, 0.29) is 18.9 Å². The summed E-state index contributed by atoms with van der Waals surface area (Å²) in [5.74, 6) is -0.664. The van der Waals surface area contributed by atoms with Crippen LogP contribution in [-0.4, -0.2) is 57.6 Å². The predicted molar refractivity (Wildman–Crippen MR) is 164 cm³/mol. The molecule has 0 aromatic heterocycles. The van der Waals surface area contributed by atoms with E-state index in [0.717, 1.165) is 24.0 Å². The van der Waals surface area contributed by atoms with E-state index in [9.17, 15) is 31.2 Å². The van der Waals surface area contributed by atoms with Crippen molar-refractivity contribution < 1.29 is 35.9 Å². The van der Waals surface area contributed by atoms with Gasteiger partial charge in [0.25, 0.3) is 0 Å². The summed E-state index contributed by atoms with van der Waals surface area (Å²) >= 11 is 5.76. The van der Waals surface area contributed by atoms with Crippen LogP contribution < -0.4 is 14.4 Å². The van der Waals surface area contributed by atoms with Gasteiger partial charge in [-0.15, -0.1) is 0 Å². The minimum Gasteiger partial charge on any atom is -0.497 e. The summed E-state index contributed by atoms with van der Waals surface area (Å²) in [5, 5.41) is 2.24. The number of benzene rings is 3. The predicted octanol–water partition coefficient (Wildman–Crippen LogP) is 5.55. The largest absolute Gasteiger partial charge is 0.497 e. The zero-order chi connectivity index (χ0) is 32.7. The fourth-order valence-corrected chi connectivity index (χ4v) is 5.51. The third-order valence-corrected chi connectivity index (χ3v) is 8.14. The van der Waals surface area contributed by atoms with Gasteiger partial charge < -0.3 is 15.0 Å². The molecule has 0 fully saturated rings. The van der Waals surface area contributed by atoms with Crippen LogP contribution in [0.3, 0.4) is 0 Å². The van der Waals surface area contributed by atoms with Gasteiger partial charge in [0.1, 0.15) is 18.3 Å². The zero-order valence-electron chi connectivity index (χ0n) is 24.8. The van der Waals surface area contributed by atoms with Crippen molar-refractivity contribution in [2.24, 2.45) is 5.92 Å². The molecule has 44 heavy (non-hydrogen) atoms. The van der Waals surface area contributed by atoms with Crippen molar-refractivity contribution >= 4 is 39.1 Å². The van der Waals surface area contributed by atoms with E-state index < -0.39 is 56.9 Å². The molecule has 8 nitrogen and oxygen atoms in total. The molecular weight excluding hydrogens is 619 g/mol. The lowest BCUT2D eigenvalue weighted by molar-refractivity contribution is -0.140. The summed E-state index contributed by atoms with van der Waals surface area (Å²) in [6.45, 7) is 3.17. The van der Waals surface area contributed by atoms with Crippen molar-refractivity contribution in [3.05, 3.63) is 94.5 Å². The highest BCUT2D eigenvalue weighted by Gasteiger charge is 2.36. The van der Waals surface area contributed by atoms with Crippen molar-refractivity contribution in [1.29, 1.82) is 0 Å². The monoisotopic (exact) mass is 653 g/mol. The number of methoxy groups -OCH3 is 1. The summed E-state index contributed by atoms with van der Waals surface area (Å²) in [7, 11) is -2.80. The Bertz CT molecular complexity index is 1550. The van der Waals surface area contributed by atoms with Gasteiger partial charge in [-0.05, 0) is 47.4 Å². The number of halogens is 4. The van der Waals surface area contributed by atoms with E-state index in [0.29, 0.717) is 28.2 Å². The molecule has 238 valence electrons. The van der Waals surface area contributed by atoms with Crippen LogP contribution in [0.2, 0.25) is 5.02 Å². The standard InChI is InChI=1S/C31H35ClF3N3O5S/c1-21(2)18-36-30(40)28(16-22-9-6-5-7-10-22)37(19-23-11-8-12-25(15-23)43-3)29(39)20-38(44(4,41)42)24-13-14-27(32)26(17-24)31(33,34)35/h5-15,17,21,28H,16,18-20H2,1-4H3,(H,36,40)/t28-/m1/s1. The van der Waals surface area contributed by atoms with Crippen LogP contribution in [0.5, 0.6) is 5.75 Å². The van der Waals surface area contributed by atoms with E-state index in [1.165, 1.54) is 12.0 Å². The molecule has 3 aromatic rings. The molecule has 0 spiro atoms. The topological polar surface area (TPSA) is 96.0 Å². The number of alkyl halides is 3. The molecule has 3 aromatic carbocycles. The van der Waals surface area contributed by atoms with E-state index in [1.54, 1.807) is 48.5 Å². The van der Waals surface area contributed by atoms with E-state index in [2.05, 4.69) is 5.32 Å². The van der Waals surface area contributed by atoms with Crippen LogP contribution in [-0.2, 0) is 38.8 Å². The van der Waals surface area contributed by atoms with Gasteiger partial charge >= 0.3 is 6.18 Å². The van der Waals surface area contributed by atoms with Crippen molar-refractivity contribution in [2.75, 3.05) is 30.8 Å². The number of rotatable bonds is 13. The van der Waals surface area contributed by atoms with Crippen LogP contribution in [0.1, 0.15) is 30.5 Å². The number of nitrogens with zero attached hydrogens (tertiary/aromatic N) is 2. The van der Waals surface area contributed by atoms with E-state index >= 15 is 0 Å². The number of ether oxygens (including phenoxy) is 1. The normalized spacial score (nSPS) is 12.5. The minimum absolute atomic E-state index is 0.0958. The second kappa shape index (κ2) is 14.8. The van der Waals surface area contributed by atoms with Crippen molar-refractivity contribution in [1.82, 2.24) is 10.2 Å². The number of nitrogens with one attached hydrogen (secondary N) is 1. The summed E-state index contributed by atoms with van der Waals surface area (Å²) in [5.41, 5.74) is -0.318. The quantitative estimate of drug-likeness (QED) is 0.261. The smallest absolute Gasteiger partial charge is 0.417 e. The molecule has 0 aliphatic rings. The first-order chi connectivity index (χ1) is 20.6. The van der Waals surface area contributed by atoms with Gasteiger partial charge in [0.2, 0.25) is 21.8 Å². The molecule has 0 aliphatic carbocycles. The SMILES string of the molecule is COc1cccc(CN(C(=O)CN(c2ccc(Cl)c(C(F)(F)F)c2)S(C)(=O)=O)[C@H](Cc2ccccc2)C(=O)NCC(C)C)c1. The third kappa shape index (κ3) is 9.62. The highest BCUT2D eigenvalue weighted by atomic mass is 35.5. The average Bonchev–Trinajstić information content (AvgIpc) is 2.96. The van der Waals surface area contributed by atoms with Gasteiger partial charge in [-0.1, -0.05) is 67.9 Å². The van der Waals surface area contributed by atoms with Gasteiger partial charge in [-0.2, -0.15) is 13.2 Å². The van der Waals surface area contributed by atoms with Gasteiger partial charge in [0.05, 0.1) is 29.6 Å². The van der Waals surface area contributed by atoms with Crippen molar-refractivity contribution in [2.45, 2.75) is 39.0 Å². The molecule has 2 amide bonds. The lowest BCUT2D eigenvalue weighted by atomic mass is 10.0. The molecule has 1 N–H and O–H groups in total. The third-order valence-electron chi connectivity index (χ3n) is 6.67. The number of anilines is 1. The van der Waals surface area contributed by atoms with Gasteiger partial charge in [-0.25, -0.2) is 8.42 Å². The summed E-state index contributed by atoms with van der Waals surface area (Å²) in [6, 6.07) is 17.3. The number of carbonyl (C=O) groups excluding carboxylic acids is 2.